The largest absolute Gasteiger partial charge is 0.497 e. The average Bonchev–Trinajstić information content (AvgIpc) is 3.34. The lowest BCUT2D eigenvalue weighted by molar-refractivity contribution is -0.384. The van der Waals surface area contributed by atoms with Gasteiger partial charge in [-0.1, -0.05) is 43.7 Å². The first-order valence-electron chi connectivity index (χ1n) is 10.8. The van der Waals surface area contributed by atoms with Crippen LogP contribution in [-0.2, 0) is 9.59 Å². The summed E-state index contributed by atoms with van der Waals surface area (Å²) in [4.78, 5) is 35.7. The second kappa shape index (κ2) is 11.8. The number of aromatic nitrogens is 2. The zero-order valence-electron chi connectivity index (χ0n) is 19.4. The summed E-state index contributed by atoms with van der Waals surface area (Å²) in [6.07, 6.45) is 3.47. The first kappa shape index (κ1) is 25.5. The molecule has 0 spiro atoms. The van der Waals surface area contributed by atoms with Crippen LogP contribution >= 0.6 is 11.3 Å². The Balaban J connectivity index is 1.66. The Kier molecular flexibility index (Phi) is 8.63. The smallest absolute Gasteiger partial charge is 0.269 e. The van der Waals surface area contributed by atoms with Gasteiger partial charge in [-0.25, -0.2) is 0 Å². The van der Waals surface area contributed by atoms with E-state index in [1.807, 2.05) is 38.1 Å². The van der Waals surface area contributed by atoms with Gasteiger partial charge in [0.2, 0.25) is 16.9 Å². The van der Waals surface area contributed by atoms with E-state index in [1.54, 1.807) is 7.11 Å². The molecule has 0 fully saturated rings. The lowest BCUT2D eigenvalue weighted by Gasteiger charge is -2.22. The Hall–Kier alpha value is -4.12. The first-order chi connectivity index (χ1) is 16.8. The molecule has 10 nitrogen and oxygen atoms in total. The van der Waals surface area contributed by atoms with Gasteiger partial charge in [-0.3, -0.25) is 25.0 Å². The summed E-state index contributed by atoms with van der Waals surface area (Å²) in [5, 5.41) is 25.4. The minimum atomic E-state index is -0.793. The van der Waals surface area contributed by atoms with E-state index in [2.05, 4.69) is 20.8 Å². The summed E-state index contributed by atoms with van der Waals surface area (Å²) in [7, 11) is 1.58. The number of nitro groups is 1. The Bertz CT molecular complexity index is 1230. The van der Waals surface area contributed by atoms with Gasteiger partial charge in [0.15, 0.2) is 0 Å². The van der Waals surface area contributed by atoms with Gasteiger partial charge in [-0.2, -0.15) is 0 Å². The van der Waals surface area contributed by atoms with Gasteiger partial charge in [0.1, 0.15) is 16.8 Å². The molecule has 2 amide bonds. The number of benzene rings is 2. The molecule has 0 radical (unpaired) electrons. The summed E-state index contributed by atoms with van der Waals surface area (Å²) in [6.45, 7) is 3.79. The number of hydrogen-bond donors (Lipinski definition) is 2. The molecule has 182 valence electrons. The molecule has 0 saturated heterocycles. The summed E-state index contributed by atoms with van der Waals surface area (Å²) in [5.74, 6) is -0.315. The van der Waals surface area contributed by atoms with Gasteiger partial charge < -0.3 is 10.1 Å². The highest BCUT2D eigenvalue weighted by Crippen LogP contribution is 2.29. The lowest BCUT2D eigenvalue weighted by atomic mass is 9.98. The van der Waals surface area contributed by atoms with Gasteiger partial charge in [0.05, 0.1) is 12.0 Å². The Morgan fingerprint density at radius 2 is 1.94 bits per heavy atom. The monoisotopic (exact) mass is 495 g/mol. The fourth-order valence-electron chi connectivity index (χ4n) is 3.11. The predicted octanol–water partition coefficient (Wildman–Crippen LogP) is 4.30. The molecule has 35 heavy (non-hydrogen) atoms. The molecule has 0 saturated carbocycles. The first-order valence-corrected chi connectivity index (χ1v) is 11.6. The molecule has 0 aliphatic carbocycles. The van der Waals surface area contributed by atoms with Crippen molar-refractivity contribution in [3.63, 3.8) is 0 Å². The molecule has 1 heterocycles. The maximum absolute atomic E-state index is 13.0. The molecule has 3 aromatic rings. The number of carbonyl (C=O) groups is 2. The van der Waals surface area contributed by atoms with E-state index < -0.39 is 22.8 Å². The normalized spacial score (nSPS) is 12.7. The van der Waals surface area contributed by atoms with Crippen molar-refractivity contribution in [3.8, 4) is 16.3 Å². The lowest BCUT2D eigenvalue weighted by Crippen LogP contribution is -2.47. The standard InChI is InChI=1S/C24H25N5O5S/c1-4-15(2)21(25-20(30)13-10-16-8-11-18(12-9-16)29(32)33)22(31)26-24-28-27-23(35-24)17-6-5-7-19(14-17)34-3/h5-15,21H,4H2,1-3H3,(H,25,30)(H,26,28,31). The number of hydrogen-bond acceptors (Lipinski definition) is 8. The predicted molar refractivity (Wildman–Crippen MR) is 134 cm³/mol. The molecule has 0 bridgehead atoms. The molecule has 2 unspecified atom stereocenters. The van der Waals surface area contributed by atoms with Crippen molar-refractivity contribution in [3.05, 3.63) is 70.3 Å². The molecule has 1 aromatic heterocycles. The number of non-ortho nitro benzene ring substituents is 1. The molecule has 0 aliphatic heterocycles. The maximum Gasteiger partial charge on any atom is 0.269 e. The fraction of sp³-hybridized carbons (Fsp3) is 0.250. The van der Waals surface area contributed by atoms with Gasteiger partial charge in [0.25, 0.3) is 5.69 Å². The Morgan fingerprint density at radius 1 is 1.20 bits per heavy atom. The van der Waals surface area contributed by atoms with E-state index in [-0.39, 0.29) is 11.6 Å². The van der Waals surface area contributed by atoms with E-state index >= 15 is 0 Å². The quantitative estimate of drug-likeness (QED) is 0.243. The number of ether oxygens (including phenoxy) is 1. The number of methoxy groups -OCH3 is 1. The topological polar surface area (TPSA) is 136 Å². The van der Waals surface area contributed by atoms with Crippen molar-refractivity contribution in [2.45, 2.75) is 26.3 Å². The Labute approximate surface area is 206 Å². The van der Waals surface area contributed by atoms with Crippen LogP contribution in [0.25, 0.3) is 16.6 Å². The van der Waals surface area contributed by atoms with Crippen LogP contribution in [0, 0.1) is 16.0 Å². The van der Waals surface area contributed by atoms with Crippen LogP contribution in [0.3, 0.4) is 0 Å². The molecule has 2 N–H and O–H groups in total. The van der Waals surface area contributed by atoms with Crippen LogP contribution in [0.5, 0.6) is 5.75 Å². The maximum atomic E-state index is 13.0. The average molecular weight is 496 g/mol. The second-order valence-corrected chi connectivity index (χ2v) is 8.66. The SMILES string of the molecule is CCC(C)C(NC(=O)C=Cc1ccc([N+](=O)[O-])cc1)C(=O)Nc1nnc(-c2cccc(OC)c2)s1. The van der Waals surface area contributed by atoms with Crippen LogP contribution in [-0.4, -0.2) is 40.1 Å². The highest BCUT2D eigenvalue weighted by molar-refractivity contribution is 7.18. The van der Waals surface area contributed by atoms with Gasteiger partial charge in [-0.15, -0.1) is 10.2 Å². The number of nitro benzene ring substituents is 1. The fourth-order valence-corrected chi connectivity index (χ4v) is 3.85. The summed E-state index contributed by atoms with van der Waals surface area (Å²) in [5.41, 5.74) is 1.39. The molecular weight excluding hydrogens is 470 g/mol. The summed E-state index contributed by atoms with van der Waals surface area (Å²) < 4.78 is 5.23. The van der Waals surface area contributed by atoms with E-state index in [0.717, 1.165) is 5.56 Å². The number of rotatable bonds is 10. The third-order valence-electron chi connectivity index (χ3n) is 5.30. The molecule has 2 aromatic carbocycles. The highest BCUT2D eigenvalue weighted by Gasteiger charge is 2.26. The van der Waals surface area contributed by atoms with Gasteiger partial charge in [-0.05, 0) is 41.8 Å². The minimum Gasteiger partial charge on any atom is -0.497 e. The van der Waals surface area contributed by atoms with Gasteiger partial charge >= 0.3 is 0 Å². The molecule has 3 rings (SSSR count). The second-order valence-electron chi connectivity index (χ2n) is 7.69. The summed E-state index contributed by atoms with van der Waals surface area (Å²) >= 11 is 1.22. The van der Waals surface area contributed by atoms with E-state index in [0.29, 0.717) is 27.9 Å². The molecule has 0 aliphatic rings. The van der Waals surface area contributed by atoms with Crippen LogP contribution < -0.4 is 15.4 Å². The van der Waals surface area contributed by atoms with Crippen molar-refractivity contribution < 1.29 is 19.2 Å². The third kappa shape index (κ3) is 6.93. The number of amides is 2. The van der Waals surface area contributed by atoms with Crippen LogP contribution in [0.2, 0.25) is 0 Å². The molecular formula is C24H25N5O5S. The Morgan fingerprint density at radius 3 is 2.60 bits per heavy atom. The van der Waals surface area contributed by atoms with E-state index in [1.165, 1.54) is 47.8 Å². The van der Waals surface area contributed by atoms with Crippen LogP contribution in [0.1, 0.15) is 25.8 Å². The number of carbonyl (C=O) groups excluding carboxylic acids is 2. The highest BCUT2D eigenvalue weighted by atomic mass is 32.1. The zero-order valence-corrected chi connectivity index (χ0v) is 20.2. The zero-order chi connectivity index (χ0) is 25.4. The number of anilines is 1. The van der Waals surface area contributed by atoms with Crippen LogP contribution in [0.4, 0.5) is 10.8 Å². The number of nitrogens with zero attached hydrogens (tertiary/aromatic N) is 3. The van der Waals surface area contributed by atoms with Crippen molar-refractivity contribution in [1.29, 1.82) is 0 Å². The minimum absolute atomic E-state index is 0.0358. The van der Waals surface area contributed by atoms with Crippen molar-refractivity contribution in [2.75, 3.05) is 12.4 Å². The summed E-state index contributed by atoms with van der Waals surface area (Å²) in [6, 6.07) is 12.4. The van der Waals surface area contributed by atoms with Crippen molar-refractivity contribution in [1.82, 2.24) is 15.5 Å². The van der Waals surface area contributed by atoms with E-state index in [9.17, 15) is 19.7 Å². The molecule has 2 atom stereocenters. The van der Waals surface area contributed by atoms with Crippen molar-refractivity contribution >= 4 is 40.0 Å². The van der Waals surface area contributed by atoms with Crippen molar-refractivity contribution in [2.24, 2.45) is 5.92 Å². The number of nitrogens with one attached hydrogen (secondary N) is 2. The van der Waals surface area contributed by atoms with Crippen LogP contribution in [0.15, 0.2) is 54.6 Å². The van der Waals surface area contributed by atoms with Gasteiger partial charge in [0, 0.05) is 23.8 Å². The van der Waals surface area contributed by atoms with E-state index in [4.69, 9.17) is 4.74 Å². The molecule has 11 heteroatoms. The third-order valence-corrected chi connectivity index (χ3v) is 6.18.